The molecule has 3 N–H and O–H groups in total. The number of benzene rings is 2. The van der Waals surface area contributed by atoms with Crippen LogP contribution in [-0.2, 0) is 0 Å². The number of nitrogens with two attached hydrogens (primary N) is 1. The zero-order valence-corrected chi connectivity index (χ0v) is 14.1. The standard InChI is InChI=1S/C16H15BrN2OS/c1-9-3-5-12(10(2)7-9)16(20)19-14-8-11(17)4-6-13(14)15(18)21/h3-8H,1-2H3,(H2,18,21)(H,19,20). The number of hydrogen-bond acceptors (Lipinski definition) is 2. The Balaban J connectivity index is 2.35. The summed E-state index contributed by atoms with van der Waals surface area (Å²) in [5.41, 5.74) is 9.62. The quantitative estimate of drug-likeness (QED) is 0.812. The summed E-state index contributed by atoms with van der Waals surface area (Å²) in [5, 5.41) is 2.87. The third-order valence-electron chi connectivity index (χ3n) is 3.12. The summed E-state index contributed by atoms with van der Waals surface area (Å²) in [4.78, 5) is 12.7. The van der Waals surface area contributed by atoms with Gasteiger partial charge in [0.1, 0.15) is 4.99 Å². The van der Waals surface area contributed by atoms with Crippen molar-refractivity contribution >= 4 is 44.7 Å². The molecule has 0 aliphatic carbocycles. The van der Waals surface area contributed by atoms with Crippen molar-refractivity contribution in [2.45, 2.75) is 13.8 Å². The van der Waals surface area contributed by atoms with E-state index in [0.717, 1.165) is 15.6 Å². The fourth-order valence-corrected chi connectivity index (χ4v) is 2.63. The first kappa shape index (κ1) is 15.7. The maximum Gasteiger partial charge on any atom is 0.255 e. The van der Waals surface area contributed by atoms with E-state index in [0.29, 0.717) is 16.8 Å². The highest BCUT2D eigenvalue weighted by Crippen LogP contribution is 2.23. The molecular weight excluding hydrogens is 348 g/mol. The summed E-state index contributed by atoms with van der Waals surface area (Å²) in [6.07, 6.45) is 0. The summed E-state index contributed by atoms with van der Waals surface area (Å²) < 4.78 is 0.846. The average Bonchev–Trinajstić information content (AvgIpc) is 2.37. The van der Waals surface area contributed by atoms with E-state index in [1.165, 1.54) is 0 Å². The Morgan fingerprint density at radius 3 is 2.43 bits per heavy atom. The Morgan fingerprint density at radius 2 is 1.81 bits per heavy atom. The molecule has 2 rings (SSSR count). The summed E-state index contributed by atoms with van der Waals surface area (Å²) in [6.45, 7) is 3.91. The highest BCUT2D eigenvalue weighted by atomic mass is 79.9. The van der Waals surface area contributed by atoms with Crippen LogP contribution in [0.1, 0.15) is 27.0 Å². The smallest absolute Gasteiger partial charge is 0.255 e. The number of rotatable bonds is 3. The van der Waals surface area contributed by atoms with Crippen LogP contribution in [0.3, 0.4) is 0 Å². The number of aryl methyl sites for hydroxylation is 2. The fraction of sp³-hybridized carbons (Fsp3) is 0.125. The van der Waals surface area contributed by atoms with Gasteiger partial charge >= 0.3 is 0 Å². The lowest BCUT2D eigenvalue weighted by Gasteiger charge is -2.12. The molecular formula is C16H15BrN2OS. The van der Waals surface area contributed by atoms with E-state index in [1.807, 2.05) is 38.1 Å². The largest absolute Gasteiger partial charge is 0.389 e. The minimum atomic E-state index is -0.178. The maximum atomic E-state index is 12.4. The van der Waals surface area contributed by atoms with E-state index < -0.39 is 0 Å². The molecule has 108 valence electrons. The molecule has 2 aromatic rings. The van der Waals surface area contributed by atoms with Crippen molar-refractivity contribution in [3.8, 4) is 0 Å². The van der Waals surface area contributed by atoms with Crippen molar-refractivity contribution in [3.05, 3.63) is 63.1 Å². The molecule has 0 aliphatic rings. The topological polar surface area (TPSA) is 55.1 Å². The predicted molar refractivity (Wildman–Crippen MR) is 93.9 cm³/mol. The number of thiocarbonyl (C=S) groups is 1. The van der Waals surface area contributed by atoms with Crippen LogP contribution in [0.4, 0.5) is 5.69 Å². The highest BCUT2D eigenvalue weighted by Gasteiger charge is 2.13. The van der Waals surface area contributed by atoms with E-state index in [4.69, 9.17) is 18.0 Å². The van der Waals surface area contributed by atoms with Crippen LogP contribution >= 0.6 is 28.1 Å². The van der Waals surface area contributed by atoms with E-state index in [1.54, 1.807) is 12.1 Å². The molecule has 0 atom stereocenters. The Hall–Kier alpha value is -1.72. The van der Waals surface area contributed by atoms with Gasteiger partial charge in [-0.15, -0.1) is 0 Å². The van der Waals surface area contributed by atoms with Gasteiger partial charge in [-0.3, -0.25) is 4.79 Å². The lowest BCUT2D eigenvalue weighted by Crippen LogP contribution is -2.18. The normalized spacial score (nSPS) is 10.2. The Kier molecular flexibility index (Phi) is 4.75. The third kappa shape index (κ3) is 3.68. The summed E-state index contributed by atoms with van der Waals surface area (Å²) >= 11 is 8.40. The molecule has 0 spiro atoms. The molecule has 0 saturated carbocycles. The zero-order valence-electron chi connectivity index (χ0n) is 11.7. The van der Waals surface area contributed by atoms with Crippen molar-refractivity contribution in [2.24, 2.45) is 5.73 Å². The Morgan fingerprint density at radius 1 is 1.14 bits per heavy atom. The van der Waals surface area contributed by atoms with Crippen LogP contribution in [-0.4, -0.2) is 10.9 Å². The number of carbonyl (C=O) groups excluding carboxylic acids is 1. The average molecular weight is 363 g/mol. The van der Waals surface area contributed by atoms with E-state index >= 15 is 0 Å². The Labute approximate surface area is 137 Å². The van der Waals surface area contributed by atoms with Crippen LogP contribution in [0, 0.1) is 13.8 Å². The van der Waals surface area contributed by atoms with Crippen LogP contribution in [0.25, 0.3) is 0 Å². The minimum absolute atomic E-state index is 0.178. The van der Waals surface area contributed by atoms with Gasteiger partial charge in [-0.1, -0.05) is 45.8 Å². The van der Waals surface area contributed by atoms with Crippen LogP contribution in [0.2, 0.25) is 0 Å². The zero-order chi connectivity index (χ0) is 15.6. The van der Waals surface area contributed by atoms with Gasteiger partial charge in [0.05, 0.1) is 5.69 Å². The molecule has 0 aliphatic heterocycles. The monoisotopic (exact) mass is 362 g/mol. The van der Waals surface area contributed by atoms with Crippen molar-refractivity contribution < 1.29 is 4.79 Å². The van der Waals surface area contributed by atoms with Gasteiger partial charge in [0, 0.05) is 15.6 Å². The number of hydrogen-bond donors (Lipinski definition) is 2. The van der Waals surface area contributed by atoms with E-state index in [-0.39, 0.29) is 10.9 Å². The van der Waals surface area contributed by atoms with E-state index in [9.17, 15) is 4.79 Å². The minimum Gasteiger partial charge on any atom is -0.389 e. The predicted octanol–water partition coefficient (Wildman–Crippen LogP) is 3.95. The molecule has 5 heteroatoms. The van der Waals surface area contributed by atoms with Gasteiger partial charge in [0.2, 0.25) is 0 Å². The highest BCUT2D eigenvalue weighted by molar-refractivity contribution is 9.10. The lowest BCUT2D eigenvalue weighted by molar-refractivity contribution is 0.102. The molecule has 0 aromatic heterocycles. The summed E-state index contributed by atoms with van der Waals surface area (Å²) in [5.74, 6) is -0.178. The fourth-order valence-electron chi connectivity index (χ4n) is 2.09. The third-order valence-corrected chi connectivity index (χ3v) is 3.83. The first-order valence-electron chi connectivity index (χ1n) is 6.36. The Bertz CT molecular complexity index is 728. The second-order valence-corrected chi connectivity index (χ2v) is 6.18. The van der Waals surface area contributed by atoms with Gasteiger partial charge < -0.3 is 11.1 Å². The first-order valence-corrected chi connectivity index (χ1v) is 7.56. The molecule has 0 heterocycles. The molecule has 21 heavy (non-hydrogen) atoms. The summed E-state index contributed by atoms with van der Waals surface area (Å²) in [6, 6.07) is 11.1. The van der Waals surface area contributed by atoms with Gasteiger partial charge in [0.15, 0.2) is 0 Å². The van der Waals surface area contributed by atoms with Crippen LogP contribution in [0.15, 0.2) is 40.9 Å². The SMILES string of the molecule is Cc1ccc(C(=O)Nc2cc(Br)ccc2C(N)=S)c(C)c1. The van der Waals surface area contributed by atoms with Crippen molar-refractivity contribution in [3.63, 3.8) is 0 Å². The molecule has 0 unspecified atom stereocenters. The first-order chi connectivity index (χ1) is 9.88. The van der Waals surface area contributed by atoms with E-state index in [2.05, 4.69) is 21.2 Å². The second kappa shape index (κ2) is 6.37. The summed E-state index contributed by atoms with van der Waals surface area (Å²) in [7, 11) is 0. The number of amides is 1. The maximum absolute atomic E-state index is 12.4. The number of nitrogens with one attached hydrogen (secondary N) is 1. The molecule has 0 radical (unpaired) electrons. The molecule has 1 amide bonds. The van der Waals surface area contributed by atoms with Gasteiger partial charge in [-0.05, 0) is 43.7 Å². The van der Waals surface area contributed by atoms with Gasteiger partial charge in [-0.25, -0.2) is 0 Å². The van der Waals surface area contributed by atoms with Crippen molar-refractivity contribution in [1.29, 1.82) is 0 Å². The molecule has 3 nitrogen and oxygen atoms in total. The number of halogens is 1. The number of carbonyl (C=O) groups is 1. The van der Waals surface area contributed by atoms with Gasteiger partial charge in [0.25, 0.3) is 5.91 Å². The molecule has 0 fully saturated rings. The van der Waals surface area contributed by atoms with Crippen molar-refractivity contribution in [1.82, 2.24) is 0 Å². The lowest BCUT2D eigenvalue weighted by atomic mass is 10.0. The molecule has 2 aromatic carbocycles. The van der Waals surface area contributed by atoms with Crippen molar-refractivity contribution in [2.75, 3.05) is 5.32 Å². The molecule has 0 bridgehead atoms. The second-order valence-electron chi connectivity index (χ2n) is 4.83. The number of anilines is 1. The molecule has 0 saturated heterocycles. The van der Waals surface area contributed by atoms with Crippen LogP contribution in [0.5, 0.6) is 0 Å². The van der Waals surface area contributed by atoms with Gasteiger partial charge in [-0.2, -0.15) is 0 Å². The van der Waals surface area contributed by atoms with Crippen LogP contribution < -0.4 is 11.1 Å².